The first kappa shape index (κ1) is 19.4. The number of carbonyl (C=O) groups excluding carboxylic acids is 1. The number of fused-ring (bicyclic) bond motifs is 2. The Hall–Kier alpha value is -2.91. The molecular formula is C20H21N3O5S. The molecule has 2 aromatic heterocycles. The third kappa shape index (κ3) is 3.70. The third-order valence-electron chi connectivity index (χ3n) is 4.74. The highest BCUT2D eigenvalue weighted by Gasteiger charge is 2.21. The Balaban J connectivity index is 1.55. The molecule has 9 heteroatoms. The van der Waals surface area contributed by atoms with Crippen molar-refractivity contribution in [1.29, 1.82) is 0 Å². The summed E-state index contributed by atoms with van der Waals surface area (Å²) < 4.78 is 15.8. The molecule has 0 radical (unpaired) electrons. The summed E-state index contributed by atoms with van der Waals surface area (Å²) in [5.41, 5.74) is 1.37. The number of rotatable bonds is 6. The van der Waals surface area contributed by atoms with E-state index in [-0.39, 0.29) is 25.0 Å². The number of nitrogens with zero attached hydrogens (tertiary/aromatic N) is 1. The average Bonchev–Trinajstić information content (AvgIpc) is 3.30. The second kappa shape index (κ2) is 7.84. The second-order valence-electron chi connectivity index (χ2n) is 6.70. The zero-order chi connectivity index (χ0) is 20.5. The van der Waals surface area contributed by atoms with Crippen LogP contribution in [0.15, 0.2) is 23.0 Å². The van der Waals surface area contributed by atoms with E-state index in [4.69, 9.17) is 14.2 Å². The normalized spacial score (nSPS) is 13.6. The van der Waals surface area contributed by atoms with Crippen LogP contribution in [0.1, 0.15) is 46.5 Å². The summed E-state index contributed by atoms with van der Waals surface area (Å²) in [6.07, 6.45) is 0. The largest absolute Gasteiger partial charge is 0.462 e. The monoisotopic (exact) mass is 415 g/mol. The van der Waals surface area contributed by atoms with E-state index in [1.165, 1.54) is 11.3 Å². The molecule has 0 amide bonds. The van der Waals surface area contributed by atoms with Crippen LogP contribution < -0.4 is 20.3 Å². The number of thiophene rings is 1. The van der Waals surface area contributed by atoms with Crippen molar-refractivity contribution in [3.63, 3.8) is 0 Å². The van der Waals surface area contributed by atoms with Crippen LogP contribution in [-0.4, -0.2) is 29.3 Å². The molecule has 0 bridgehead atoms. The van der Waals surface area contributed by atoms with E-state index >= 15 is 0 Å². The van der Waals surface area contributed by atoms with Crippen LogP contribution in [0.2, 0.25) is 0 Å². The molecule has 3 aromatic rings. The zero-order valence-electron chi connectivity index (χ0n) is 16.3. The highest BCUT2D eigenvalue weighted by molar-refractivity contribution is 7.20. The first-order valence-electron chi connectivity index (χ1n) is 9.30. The van der Waals surface area contributed by atoms with E-state index in [1.54, 1.807) is 13.8 Å². The number of aromatic amines is 1. The summed E-state index contributed by atoms with van der Waals surface area (Å²) in [4.78, 5) is 33.1. The van der Waals surface area contributed by atoms with E-state index in [9.17, 15) is 9.59 Å². The number of carbonyl (C=O) groups is 1. The minimum Gasteiger partial charge on any atom is -0.462 e. The van der Waals surface area contributed by atoms with Crippen LogP contribution in [0.5, 0.6) is 11.5 Å². The molecule has 0 saturated heterocycles. The molecule has 2 N–H and O–H groups in total. The Labute approximate surface area is 170 Å². The van der Waals surface area contributed by atoms with Crippen molar-refractivity contribution in [2.24, 2.45) is 0 Å². The van der Waals surface area contributed by atoms with Gasteiger partial charge in [-0.2, -0.15) is 0 Å². The SMILES string of the molecule is CCOC(=O)c1sc2nc([C@H](C)NCc3ccc4c(c3)OCO4)[nH]c(=O)c2c1C. The van der Waals surface area contributed by atoms with Crippen LogP contribution in [0, 0.1) is 6.92 Å². The van der Waals surface area contributed by atoms with Crippen molar-refractivity contribution in [3.8, 4) is 11.5 Å². The Morgan fingerprint density at radius 3 is 2.97 bits per heavy atom. The smallest absolute Gasteiger partial charge is 0.348 e. The van der Waals surface area contributed by atoms with E-state index in [0.717, 1.165) is 17.1 Å². The molecule has 0 fully saturated rings. The second-order valence-corrected chi connectivity index (χ2v) is 7.70. The summed E-state index contributed by atoms with van der Waals surface area (Å²) in [5, 5.41) is 3.78. The maximum atomic E-state index is 12.6. The highest BCUT2D eigenvalue weighted by Crippen LogP contribution is 2.32. The Kier molecular flexibility index (Phi) is 5.25. The minimum absolute atomic E-state index is 0.203. The fraction of sp³-hybridized carbons (Fsp3) is 0.350. The van der Waals surface area contributed by atoms with Gasteiger partial charge in [0, 0.05) is 6.54 Å². The summed E-state index contributed by atoms with van der Waals surface area (Å²) in [7, 11) is 0. The van der Waals surface area contributed by atoms with Gasteiger partial charge >= 0.3 is 5.97 Å². The van der Waals surface area contributed by atoms with Gasteiger partial charge in [-0.3, -0.25) is 4.79 Å². The van der Waals surface area contributed by atoms with E-state index in [0.29, 0.717) is 33.0 Å². The number of hydrogen-bond acceptors (Lipinski definition) is 8. The maximum absolute atomic E-state index is 12.6. The number of H-pyrrole nitrogens is 1. The van der Waals surface area contributed by atoms with E-state index in [2.05, 4.69) is 15.3 Å². The highest BCUT2D eigenvalue weighted by atomic mass is 32.1. The first-order valence-corrected chi connectivity index (χ1v) is 10.1. The number of benzene rings is 1. The van der Waals surface area contributed by atoms with Crippen LogP contribution in [0.25, 0.3) is 10.2 Å². The molecule has 0 aliphatic carbocycles. The Morgan fingerprint density at radius 2 is 2.17 bits per heavy atom. The van der Waals surface area contributed by atoms with Gasteiger partial charge in [0.1, 0.15) is 15.5 Å². The number of aromatic nitrogens is 2. The topological polar surface area (TPSA) is 103 Å². The van der Waals surface area contributed by atoms with Gasteiger partial charge in [0.2, 0.25) is 6.79 Å². The molecule has 0 spiro atoms. The van der Waals surface area contributed by atoms with Crippen molar-refractivity contribution in [2.75, 3.05) is 13.4 Å². The fourth-order valence-electron chi connectivity index (χ4n) is 3.18. The van der Waals surface area contributed by atoms with Gasteiger partial charge in [0.15, 0.2) is 11.5 Å². The number of ether oxygens (including phenoxy) is 3. The van der Waals surface area contributed by atoms with Crippen molar-refractivity contribution >= 4 is 27.5 Å². The summed E-state index contributed by atoms with van der Waals surface area (Å²) in [5.74, 6) is 1.55. The molecule has 8 nitrogen and oxygen atoms in total. The lowest BCUT2D eigenvalue weighted by molar-refractivity contribution is 0.0531. The number of aryl methyl sites for hydroxylation is 1. The predicted molar refractivity (Wildman–Crippen MR) is 109 cm³/mol. The molecule has 1 aliphatic rings. The number of hydrogen-bond donors (Lipinski definition) is 2. The van der Waals surface area contributed by atoms with Gasteiger partial charge in [-0.25, -0.2) is 9.78 Å². The lowest BCUT2D eigenvalue weighted by Gasteiger charge is -2.13. The van der Waals surface area contributed by atoms with Gasteiger partial charge in [0.05, 0.1) is 18.0 Å². The molecular weight excluding hydrogens is 394 g/mol. The number of nitrogens with one attached hydrogen (secondary N) is 2. The lowest BCUT2D eigenvalue weighted by Crippen LogP contribution is -2.23. The standard InChI is InChI=1S/C20H21N3O5S/c1-4-26-20(25)16-10(2)15-18(24)22-17(23-19(15)29-16)11(3)21-8-12-5-6-13-14(7-12)28-9-27-13/h5-7,11,21H,4,8-9H2,1-3H3,(H,22,23,24)/t11-/m0/s1. The third-order valence-corrected chi connectivity index (χ3v) is 5.90. The van der Waals surface area contributed by atoms with Crippen molar-refractivity contribution in [2.45, 2.75) is 33.4 Å². The summed E-state index contributed by atoms with van der Waals surface area (Å²) in [6.45, 7) is 6.49. The van der Waals surface area contributed by atoms with Gasteiger partial charge in [-0.1, -0.05) is 6.07 Å². The molecule has 0 saturated carbocycles. The van der Waals surface area contributed by atoms with Gasteiger partial charge < -0.3 is 24.5 Å². The van der Waals surface area contributed by atoms with Crippen LogP contribution in [-0.2, 0) is 11.3 Å². The molecule has 1 aliphatic heterocycles. The summed E-state index contributed by atoms with van der Waals surface area (Å²) in [6, 6.07) is 5.56. The minimum atomic E-state index is -0.428. The molecule has 3 heterocycles. The quantitative estimate of drug-likeness (QED) is 0.597. The van der Waals surface area contributed by atoms with Gasteiger partial charge in [-0.05, 0) is 44.0 Å². The molecule has 4 rings (SSSR count). The van der Waals surface area contributed by atoms with Crippen molar-refractivity contribution in [3.05, 3.63) is 50.4 Å². The molecule has 29 heavy (non-hydrogen) atoms. The molecule has 0 unspecified atom stereocenters. The molecule has 1 aromatic carbocycles. The first-order chi connectivity index (χ1) is 14.0. The van der Waals surface area contributed by atoms with E-state index in [1.807, 2.05) is 25.1 Å². The van der Waals surface area contributed by atoms with Crippen molar-refractivity contribution in [1.82, 2.24) is 15.3 Å². The lowest BCUT2D eigenvalue weighted by atomic mass is 10.2. The van der Waals surface area contributed by atoms with Crippen LogP contribution in [0.3, 0.4) is 0 Å². The number of esters is 1. The maximum Gasteiger partial charge on any atom is 0.348 e. The Bertz CT molecular complexity index is 1140. The Morgan fingerprint density at radius 1 is 1.38 bits per heavy atom. The van der Waals surface area contributed by atoms with Crippen LogP contribution >= 0.6 is 11.3 Å². The van der Waals surface area contributed by atoms with Gasteiger partial charge in [-0.15, -0.1) is 11.3 Å². The van der Waals surface area contributed by atoms with E-state index < -0.39 is 5.97 Å². The summed E-state index contributed by atoms with van der Waals surface area (Å²) >= 11 is 1.18. The molecule has 152 valence electrons. The average molecular weight is 415 g/mol. The fourth-order valence-corrected chi connectivity index (χ4v) is 4.26. The predicted octanol–water partition coefficient (Wildman–Crippen LogP) is 3.05. The molecule has 1 atom stereocenters. The van der Waals surface area contributed by atoms with Crippen molar-refractivity contribution < 1.29 is 19.0 Å². The zero-order valence-corrected chi connectivity index (χ0v) is 17.1. The van der Waals surface area contributed by atoms with Gasteiger partial charge in [0.25, 0.3) is 5.56 Å². The van der Waals surface area contributed by atoms with Crippen LogP contribution in [0.4, 0.5) is 0 Å².